The lowest BCUT2D eigenvalue weighted by Crippen LogP contribution is -2.32. The molecule has 2 aromatic rings. The molecule has 4 nitrogen and oxygen atoms in total. The van der Waals surface area contributed by atoms with Crippen LogP contribution in [0, 0.1) is 20.8 Å². The van der Waals surface area contributed by atoms with Gasteiger partial charge in [-0.15, -0.1) is 0 Å². The number of urea groups is 1. The first-order chi connectivity index (χ1) is 13.3. The minimum absolute atomic E-state index is 0.0184. The number of carbonyl (C=O) groups excluding carboxylic acids is 1. The fraction of sp³-hybridized carbons (Fsp3) is 0.316. The van der Waals surface area contributed by atoms with Gasteiger partial charge >= 0.3 is 18.4 Å². The van der Waals surface area contributed by atoms with Crippen LogP contribution in [0.15, 0.2) is 30.3 Å². The fourth-order valence-corrected chi connectivity index (χ4v) is 2.52. The van der Waals surface area contributed by atoms with Gasteiger partial charge in [0.1, 0.15) is 5.75 Å². The van der Waals surface area contributed by atoms with Gasteiger partial charge in [-0.3, -0.25) is 0 Å². The van der Waals surface area contributed by atoms with E-state index in [0.29, 0.717) is 17.9 Å². The maximum Gasteiger partial charge on any atom is 0.416 e. The zero-order valence-corrected chi connectivity index (χ0v) is 15.7. The summed E-state index contributed by atoms with van der Waals surface area (Å²) in [5.74, 6) is 0.531. The number of alkyl halides is 6. The molecule has 2 amide bonds. The highest BCUT2D eigenvalue weighted by Gasteiger charge is 2.37. The number of halogens is 6. The zero-order chi connectivity index (χ0) is 22.0. The van der Waals surface area contributed by atoms with Gasteiger partial charge in [0.25, 0.3) is 0 Å². The second-order valence-corrected chi connectivity index (χ2v) is 6.37. The maximum absolute atomic E-state index is 12.9. The monoisotopic (exact) mass is 420 g/mol. The Hall–Kier alpha value is -2.91. The molecule has 0 bridgehead atoms. The van der Waals surface area contributed by atoms with Gasteiger partial charge in [0.05, 0.1) is 11.1 Å². The van der Waals surface area contributed by atoms with E-state index in [1.165, 1.54) is 0 Å². The molecule has 2 rings (SSSR count). The van der Waals surface area contributed by atoms with E-state index in [1.54, 1.807) is 6.92 Å². The number of hydrogen-bond donors (Lipinski definition) is 2. The number of nitrogens with one attached hydrogen (secondary N) is 2. The van der Waals surface area contributed by atoms with Crippen LogP contribution in [0.25, 0.3) is 0 Å². The Morgan fingerprint density at radius 1 is 0.897 bits per heavy atom. The molecule has 29 heavy (non-hydrogen) atoms. The third-order valence-electron chi connectivity index (χ3n) is 4.17. The number of aryl methyl sites for hydroxylation is 2. The Bertz CT molecular complexity index is 875. The molecule has 0 fully saturated rings. The highest BCUT2D eigenvalue weighted by Crippen LogP contribution is 2.37. The number of benzene rings is 2. The summed E-state index contributed by atoms with van der Waals surface area (Å²) in [5, 5.41) is 4.20. The van der Waals surface area contributed by atoms with Crippen molar-refractivity contribution in [3.63, 3.8) is 0 Å². The normalized spacial score (nSPS) is 11.9. The van der Waals surface area contributed by atoms with Gasteiger partial charge in [-0.1, -0.05) is 12.1 Å². The Morgan fingerprint density at radius 2 is 1.41 bits per heavy atom. The molecule has 0 atom stereocenters. The van der Waals surface area contributed by atoms with E-state index in [2.05, 4.69) is 5.32 Å². The summed E-state index contributed by atoms with van der Waals surface area (Å²) in [6.45, 7) is 5.15. The van der Waals surface area contributed by atoms with Crippen molar-refractivity contribution < 1.29 is 35.9 Å². The van der Waals surface area contributed by atoms with Crippen molar-refractivity contribution in [2.24, 2.45) is 0 Å². The van der Waals surface area contributed by atoms with Crippen molar-refractivity contribution in [2.75, 3.05) is 12.0 Å². The van der Waals surface area contributed by atoms with Crippen LogP contribution in [0.1, 0.15) is 27.8 Å². The predicted octanol–water partition coefficient (Wildman–Crippen LogP) is 5.81. The lowest BCUT2D eigenvalue weighted by Gasteiger charge is -2.16. The van der Waals surface area contributed by atoms with Gasteiger partial charge < -0.3 is 15.4 Å². The van der Waals surface area contributed by atoms with E-state index < -0.39 is 35.2 Å². The summed E-state index contributed by atoms with van der Waals surface area (Å²) in [7, 11) is 0. The molecule has 0 spiro atoms. The summed E-state index contributed by atoms with van der Waals surface area (Å²) in [5.41, 5.74) is -1.08. The molecule has 0 aliphatic heterocycles. The molecule has 0 aromatic heterocycles. The summed E-state index contributed by atoms with van der Waals surface area (Å²) >= 11 is 0. The lowest BCUT2D eigenvalue weighted by atomic mass is 10.1. The summed E-state index contributed by atoms with van der Waals surface area (Å²) in [6, 6.07) is 3.52. The van der Waals surface area contributed by atoms with Crippen molar-refractivity contribution in [3.8, 4) is 5.75 Å². The quantitative estimate of drug-likeness (QED) is 0.485. The molecule has 2 N–H and O–H groups in total. The predicted molar refractivity (Wildman–Crippen MR) is 94.7 cm³/mol. The molecular weight excluding hydrogens is 402 g/mol. The number of anilines is 1. The van der Waals surface area contributed by atoms with Crippen molar-refractivity contribution in [1.29, 1.82) is 0 Å². The van der Waals surface area contributed by atoms with Gasteiger partial charge in [0.15, 0.2) is 6.73 Å². The van der Waals surface area contributed by atoms with Crippen molar-refractivity contribution in [2.45, 2.75) is 33.1 Å². The first kappa shape index (κ1) is 22.4. The lowest BCUT2D eigenvalue weighted by molar-refractivity contribution is -0.143. The van der Waals surface area contributed by atoms with Crippen LogP contribution in [0.4, 0.5) is 36.8 Å². The van der Waals surface area contributed by atoms with Crippen molar-refractivity contribution in [3.05, 3.63) is 58.1 Å². The topological polar surface area (TPSA) is 50.4 Å². The van der Waals surface area contributed by atoms with Gasteiger partial charge in [-0.25, -0.2) is 4.79 Å². The Labute approximate surface area is 162 Å². The van der Waals surface area contributed by atoms with E-state index in [0.717, 1.165) is 16.7 Å². The van der Waals surface area contributed by atoms with Crippen LogP contribution in [0.5, 0.6) is 5.75 Å². The highest BCUT2D eigenvalue weighted by atomic mass is 19.4. The first-order valence-corrected chi connectivity index (χ1v) is 8.33. The summed E-state index contributed by atoms with van der Waals surface area (Å²) in [6.07, 6.45) is -10.0. The molecule has 0 heterocycles. The molecule has 10 heteroatoms. The summed E-state index contributed by atoms with van der Waals surface area (Å²) < 4.78 is 82.6. The second kappa shape index (κ2) is 8.22. The van der Waals surface area contributed by atoms with Gasteiger partial charge in [-0.2, -0.15) is 26.3 Å². The van der Waals surface area contributed by atoms with E-state index in [-0.39, 0.29) is 12.8 Å². The molecule has 2 aromatic carbocycles. The SMILES string of the molecule is Cc1ccc(C)c(OCNC(=O)Nc2cc(C(F)(F)F)cc(C(F)(F)F)c2)c1C. The van der Waals surface area contributed by atoms with E-state index in [4.69, 9.17) is 4.74 Å². The Balaban J connectivity index is 2.10. The molecule has 0 radical (unpaired) electrons. The largest absolute Gasteiger partial charge is 0.473 e. The summed E-state index contributed by atoms with van der Waals surface area (Å²) in [4.78, 5) is 11.9. The molecular formula is C19H18F6N2O2. The average molecular weight is 420 g/mol. The van der Waals surface area contributed by atoms with Crippen LogP contribution >= 0.6 is 0 Å². The minimum Gasteiger partial charge on any atom is -0.473 e. The third kappa shape index (κ3) is 5.78. The van der Waals surface area contributed by atoms with Crippen LogP contribution in [0.2, 0.25) is 0 Å². The van der Waals surface area contributed by atoms with E-state index in [9.17, 15) is 31.1 Å². The molecule has 0 unspecified atom stereocenters. The Morgan fingerprint density at radius 3 is 1.93 bits per heavy atom. The van der Waals surface area contributed by atoms with Crippen LogP contribution < -0.4 is 15.4 Å². The molecule has 0 aliphatic carbocycles. The minimum atomic E-state index is -5.00. The molecule has 0 aliphatic rings. The molecule has 0 saturated carbocycles. The second-order valence-electron chi connectivity index (χ2n) is 6.37. The van der Waals surface area contributed by atoms with Crippen LogP contribution in [-0.2, 0) is 12.4 Å². The number of amides is 2. The average Bonchev–Trinajstić information content (AvgIpc) is 2.59. The van der Waals surface area contributed by atoms with Crippen LogP contribution in [0.3, 0.4) is 0 Å². The fourth-order valence-electron chi connectivity index (χ4n) is 2.52. The molecule has 158 valence electrons. The highest BCUT2D eigenvalue weighted by molar-refractivity contribution is 5.89. The van der Waals surface area contributed by atoms with Crippen molar-refractivity contribution >= 4 is 11.7 Å². The maximum atomic E-state index is 12.9. The number of ether oxygens (including phenoxy) is 1. The zero-order valence-electron chi connectivity index (χ0n) is 15.7. The van der Waals surface area contributed by atoms with Crippen LogP contribution in [-0.4, -0.2) is 12.8 Å². The standard InChI is InChI=1S/C19H18F6N2O2/c1-10-4-5-11(2)16(12(10)3)29-9-26-17(28)27-15-7-13(18(20,21)22)6-14(8-15)19(23,24)25/h4-8H,9H2,1-3H3,(H2,26,27,28). The van der Waals surface area contributed by atoms with E-state index in [1.807, 2.05) is 31.3 Å². The number of hydrogen-bond acceptors (Lipinski definition) is 2. The van der Waals surface area contributed by atoms with Gasteiger partial charge in [-0.05, 0) is 55.7 Å². The first-order valence-electron chi connectivity index (χ1n) is 8.33. The van der Waals surface area contributed by atoms with Gasteiger partial charge in [0.2, 0.25) is 0 Å². The molecule has 0 saturated heterocycles. The van der Waals surface area contributed by atoms with E-state index >= 15 is 0 Å². The smallest absolute Gasteiger partial charge is 0.416 e. The number of carbonyl (C=O) groups is 1. The van der Waals surface area contributed by atoms with Gasteiger partial charge in [0, 0.05) is 5.69 Å². The number of rotatable bonds is 4. The third-order valence-corrected chi connectivity index (χ3v) is 4.17. The Kier molecular flexibility index (Phi) is 6.34. The van der Waals surface area contributed by atoms with Crippen molar-refractivity contribution in [1.82, 2.24) is 5.32 Å².